The molecule has 0 bridgehead atoms. The molecule has 2 saturated heterocycles. The van der Waals surface area contributed by atoms with E-state index in [1.807, 2.05) is 0 Å². The molecule has 18 heavy (non-hydrogen) atoms. The quantitative estimate of drug-likeness (QED) is 0.751. The lowest BCUT2D eigenvalue weighted by Crippen LogP contribution is -2.30. The zero-order chi connectivity index (χ0) is 12.5. The van der Waals surface area contributed by atoms with Crippen LogP contribution in [0.25, 0.3) is 0 Å². The molecule has 3 rings (SSSR count). The number of hydrogen-bond acceptors (Lipinski definition) is 6. The Morgan fingerprint density at radius 1 is 1.50 bits per heavy atom. The second-order valence-electron chi connectivity index (χ2n) is 4.80. The van der Waals surface area contributed by atoms with Gasteiger partial charge in [0.05, 0.1) is 12.1 Å². The molecule has 1 aromatic heterocycles. The van der Waals surface area contributed by atoms with Gasteiger partial charge in [0.25, 0.3) is 11.7 Å². The summed E-state index contributed by atoms with van der Waals surface area (Å²) in [6, 6.07) is 0.0724. The molecule has 2 atom stereocenters. The highest BCUT2D eigenvalue weighted by Crippen LogP contribution is 2.21. The first-order valence-corrected chi connectivity index (χ1v) is 6.28. The van der Waals surface area contributed by atoms with E-state index in [0.717, 1.165) is 19.4 Å². The molecule has 7 heteroatoms. The van der Waals surface area contributed by atoms with Crippen LogP contribution in [0.3, 0.4) is 0 Å². The van der Waals surface area contributed by atoms with Crippen LogP contribution in [0.2, 0.25) is 0 Å². The maximum atomic E-state index is 12.0. The van der Waals surface area contributed by atoms with Crippen molar-refractivity contribution in [2.75, 3.05) is 19.6 Å². The lowest BCUT2D eigenvalue weighted by atomic mass is 10.2. The third kappa shape index (κ3) is 2.11. The van der Waals surface area contributed by atoms with E-state index < -0.39 is 6.10 Å². The summed E-state index contributed by atoms with van der Waals surface area (Å²) in [4.78, 5) is 17.7. The number of aliphatic hydroxyl groups excluding tert-OH is 1. The van der Waals surface area contributed by atoms with E-state index in [9.17, 15) is 9.90 Å². The number of nitrogens with one attached hydrogen (secondary N) is 1. The predicted molar refractivity (Wildman–Crippen MR) is 60.8 cm³/mol. The van der Waals surface area contributed by atoms with Crippen molar-refractivity contribution in [3.63, 3.8) is 0 Å². The van der Waals surface area contributed by atoms with Crippen LogP contribution in [0, 0.1) is 0 Å². The maximum absolute atomic E-state index is 12.0. The number of carbonyl (C=O) groups is 1. The first-order valence-electron chi connectivity index (χ1n) is 6.28. The minimum Gasteiger partial charge on any atom is -0.391 e. The number of β-amino-alcohol motifs (C(OH)–C–C–N with tert-alkyl or cyclic N) is 1. The van der Waals surface area contributed by atoms with Gasteiger partial charge in [0.15, 0.2) is 0 Å². The highest BCUT2D eigenvalue weighted by molar-refractivity contribution is 5.90. The fraction of sp³-hybridized carbons (Fsp3) is 0.727. The number of nitrogens with zero attached hydrogens (tertiary/aromatic N) is 3. The zero-order valence-electron chi connectivity index (χ0n) is 10.0. The molecule has 2 N–H and O–H groups in total. The van der Waals surface area contributed by atoms with Crippen LogP contribution < -0.4 is 5.32 Å². The summed E-state index contributed by atoms with van der Waals surface area (Å²) < 4.78 is 5.12. The van der Waals surface area contributed by atoms with Crippen molar-refractivity contribution in [1.82, 2.24) is 20.4 Å². The highest BCUT2D eigenvalue weighted by atomic mass is 16.5. The highest BCUT2D eigenvalue weighted by Gasteiger charge is 2.30. The largest absolute Gasteiger partial charge is 0.391 e. The third-order valence-corrected chi connectivity index (χ3v) is 3.44. The molecular weight excluding hydrogens is 236 g/mol. The Balaban J connectivity index is 1.70. The van der Waals surface area contributed by atoms with E-state index in [1.54, 1.807) is 4.90 Å². The second-order valence-corrected chi connectivity index (χ2v) is 4.80. The third-order valence-electron chi connectivity index (χ3n) is 3.44. The van der Waals surface area contributed by atoms with Gasteiger partial charge in [0.2, 0.25) is 5.89 Å². The molecule has 0 aliphatic carbocycles. The van der Waals surface area contributed by atoms with Gasteiger partial charge in [0, 0.05) is 13.1 Å². The molecule has 2 unspecified atom stereocenters. The summed E-state index contributed by atoms with van der Waals surface area (Å²) >= 11 is 0. The Labute approximate surface area is 104 Å². The fourth-order valence-electron chi connectivity index (χ4n) is 2.43. The predicted octanol–water partition coefficient (Wildman–Crippen LogP) is -0.299. The maximum Gasteiger partial charge on any atom is 0.295 e. The van der Waals surface area contributed by atoms with Crippen LogP contribution in [0.1, 0.15) is 41.8 Å². The van der Waals surface area contributed by atoms with Crippen LogP contribution in [0.5, 0.6) is 0 Å². The lowest BCUT2D eigenvalue weighted by Gasteiger charge is -2.12. The molecule has 3 heterocycles. The summed E-state index contributed by atoms with van der Waals surface area (Å²) in [7, 11) is 0. The fourth-order valence-corrected chi connectivity index (χ4v) is 2.43. The first kappa shape index (κ1) is 11.6. The van der Waals surface area contributed by atoms with Gasteiger partial charge in [-0.05, 0) is 25.8 Å². The second kappa shape index (κ2) is 4.66. The van der Waals surface area contributed by atoms with E-state index in [2.05, 4.69) is 15.5 Å². The summed E-state index contributed by atoms with van der Waals surface area (Å²) in [5.74, 6) is 0.308. The molecule has 0 radical (unpaired) electrons. The van der Waals surface area contributed by atoms with Gasteiger partial charge in [-0.2, -0.15) is 4.98 Å². The minimum absolute atomic E-state index is 0.0724. The first-order chi connectivity index (χ1) is 8.74. The van der Waals surface area contributed by atoms with Gasteiger partial charge in [-0.15, -0.1) is 0 Å². The van der Waals surface area contributed by atoms with E-state index >= 15 is 0 Å². The van der Waals surface area contributed by atoms with Crippen LogP contribution in [-0.4, -0.2) is 51.8 Å². The van der Waals surface area contributed by atoms with Crippen molar-refractivity contribution >= 4 is 5.91 Å². The molecule has 1 aromatic rings. The van der Waals surface area contributed by atoms with Gasteiger partial charge >= 0.3 is 0 Å². The van der Waals surface area contributed by atoms with Gasteiger partial charge < -0.3 is 19.8 Å². The van der Waals surface area contributed by atoms with Crippen LogP contribution in [0.15, 0.2) is 4.52 Å². The summed E-state index contributed by atoms with van der Waals surface area (Å²) in [6.45, 7) is 1.84. The zero-order valence-corrected chi connectivity index (χ0v) is 10.0. The molecule has 1 amide bonds. The average molecular weight is 252 g/mol. The summed E-state index contributed by atoms with van der Waals surface area (Å²) in [5.41, 5.74) is 0. The molecule has 2 aliphatic rings. The number of rotatable bonds is 2. The number of aromatic nitrogens is 2. The molecule has 7 nitrogen and oxygen atoms in total. The average Bonchev–Trinajstić information content (AvgIpc) is 3.09. The number of amides is 1. The van der Waals surface area contributed by atoms with E-state index in [-0.39, 0.29) is 17.8 Å². The molecule has 98 valence electrons. The normalized spacial score (nSPS) is 27.9. The van der Waals surface area contributed by atoms with Gasteiger partial charge in [0.1, 0.15) is 0 Å². The van der Waals surface area contributed by atoms with Crippen LogP contribution in [-0.2, 0) is 0 Å². The lowest BCUT2D eigenvalue weighted by molar-refractivity contribution is 0.0749. The number of hydrogen-bond donors (Lipinski definition) is 2. The van der Waals surface area contributed by atoms with E-state index in [1.165, 1.54) is 0 Å². The smallest absolute Gasteiger partial charge is 0.295 e. The molecule has 0 spiro atoms. The van der Waals surface area contributed by atoms with Gasteiger partial charge in [-0.3, -0.25) is 4.79 Å². The SMILES string of the molecule is O=C(c1noc(C2CCCN2)n1)N1CCC(O)C1. The Morgan fingerprint density at radius 3 is 3.06 bits per heavy atom. The molecular formula is C11H16N4O3. The number of likely N-dealkylation sites (tertiary alicyclic amines) is 1. The van der Waals surface area contributed by atoms with E-state index in [0.29, 0.717) is 25.4 Å². The van der Waals surface area contributed by atoms with Gasteiger partial charge in [-0.25, -0.2) is 0 Å². The van der Waals surface area contributed by atoms with Crippen molar-refractivity contribution in [2.24, 2.45) is 0 Å². The van der Waals surface area contributed by atoms with Crippen molar-refractivity contribution in [2.45, 2.75) is 31.4 Å². The Hall–Kier alpha value is -1.47. The Bertz CT molecular complexity index is 441. The molecule has 0 aromatic carbocycles. The Kier molecular flexibility index (Phi) is 3.00. The molecule has 2 aliphatic heterocycles. The Morgan fingerprint density at radius 2 is 2.39 bits per heavy atom. The monoisotopic (exact) mass is 252 g/mol. The van der Waals surface area contributed by atoms with Crippen molar-refractivity contribution in [3.8, 4) is 0 Å². The number of aliphatic hydroxyl groups is 1. The van der Waals surface area contributed by atoms with Crippen LogP contribution in [0.4, 0.5) is 0 Å². The summed E-state index contributed by atoms with van der Waals surface area (Å²) in [6.07, 6.45) is 2.21. The van der Waals surface area contributed by atoms with Crippen molar-refractivity contribution in [3.05, 3.63) is 11.7 Å². The minimum atomic E-state index is -0.433. The van der Waals surface area contributed by atoms with Gasteiger partial charge in [-0.1, -0.05) is 5.16 Å². The topological polar surface area (TPSA) is 91.5 Å². The van der Waals surface area contributed by atoms with E-state index in [4.69, 9.17) is 4.52 Å². The molecule has 0 saturated carbocycles. The standard InChI is InChI=1S/C11H16N4O3/c16-7-3-5-15(6-7)11(17)9-13-10(18-14-9)8-2-1-4-12-8/h7-8,12,16H,1-6H2. The number of carbonyl (C=O) groups excluding carboxylic acids is 1. The summed E-state index contributed by atoms with van der Waals surface area (Å²) in [5, 5.41) is 16.4. The van der Waals surface area contributed by atoms with Crippen molar-refractivity contribution < 1.29 is 14.4 Å². The van der Waals surface area contributed by atoms with Crippen molar-refractivity contribution in [1.29, 1.82) is 0 Å². The van der Waals surface area contributed by atoms with Crippen LogP contribution >= 0.6 is 0 Å². The molecule has 2 fully saturated rings.